The fourth-order valence-electron chi connectivity index (χ4n) is 4.49. The molecule has 0 N–H and O–H groups in total. The van der Waals surface area contributed by atoms with Gasteiger partial charge in [0.1, 0.15) is 5.92 Å². The van der Waals surface area contributed by atoms with Gasteiger partial charge in [-0.05, 0) is 13.0 Å². The lowest BCUT2D eigenvalue weighted by Gasteiger charge is -2.31. The number of hydrogen-bond acceptors (Lipinski definition) is 7. The number of carbonyl (C=O) groups is 2. The molecule has 2 aromatic rings. The van der Waals surface area contributed by atoms with Crippen LogP contribution in [0.5, 0.6) is 17.2 Å². The summed E-state index contributed by atoms with van der Waals surface area (Å²) in [4.78, 5) is 31.0. The zero-order valence-electron chi connectivity index (χ0n) is 18.0. The van der Waals surface area contributed by atoms with Gasteiger partial charge in [-0.25, -0.2) is 0 Å². The van der Waals surface area contributed by atoms with E-state index in [-0.39, 0.29) is 5.78 Å². The predicted octanol–water partition coefficient (Wildman–Crippen LogP) is 3.67. The Labute approximate surface area is 180 Å². The van der Waals surface area contributed by atoms with E-state index in [4.69, 9.17) is 18.9 Å². The molecule has 2 aliphatic rings. The van der Waals surface area contributed by atoms with Gasteiger partial charge in [0.05, 0.1) is 34.1 Å². The first kappa shape index (κ1) is 20.7. The zero-order chi connectivity index (χ0) is 22.3. The molecule has 0 saturated carbocycles. The number of carbonyl (C=O) groups excluding carboxylic acids is 2. The molecule has 4 rings (SSSR count). The van der Waals surface area contributed by atoms with E-state index in [0.29, 0.717) is 45.4 Å². The van der Waals surface area contributed by atoms with Gasteiger partial charge in [0, 0.05) is 33.9 Å². The first-order valence-electron chi connectivity index (χ1n) is 9.78. The highest BCUT2D eigenvalue weighted by atomic mass is 16.5. The molecule has 1 heterocycles. The molecular formula is C24H23NO6. The lowest BCUT2D eigenvalue weighted by atomic mass is 9.74. The minimum Gasteiger partial charge on any atom is -0.493 e. The highest BCUT2D eigenvalue weighted by Crippen LogP contribution is 2.52. The molecule has 2 atom stereocenters. The zero-order valence-corrected chi connectivity index (χ0v) is 18.0. The van der Waals surface area contributed by atoms with Crippen LogP contribution in [0.25, 0.3) is 5.70 Å². The summed E-state index contributed by atoms with van der Waals surface area (Å²) < 4.78 is 21.7. The molecule has 0 saturated heterocycles. The number of aliphatic imine (C=N–C) groups is 1. The standard InChI is InChI=1S/C24H23NO6/c1-12-17(24(27)31-5)18(15-10-11-16(28-2)23(30-4)22(15)29-3)19-20(25-12)13-8-6-7-9-14(13)21(19)26/h6-11,17-18H,1-5H3/t17?,18-/m1/s1. The third-order valence-corrected chi connectivity index (χ3v) is 5.83. The molecule has 0 amide bonds. The van der Waals surface area contributed by atoms with Gasteiger partial charge in [0.2, 0.25) is 5.75 Å². The number of ketones is 1. The molecule has 0 bridgehead atoms. The van der Waals surface area contributed by atoms with Crippen LogP contribution in [0.15, 0.2) is 47.0 Å². The Kier molecular flexibility index (Phi) is 5.27. The molecule has 0 fully saturated rings. The number of fused-ring (bicyclic) bond motifs is 2. The maximum absolute atomic E-state index is 13.5. The Morgan fingerprint density at radius 2 is 1.58 bits per heavy atom. The van der Waals surface area contributed by atoms with Crippen molar-refractivity contribution in [2.45, 2.75) is 12.8 Å². The fraction of sp³-hybridized carbons (Fsp3) is 0.292. The second-order valence-corrected chi connectivity index (χ2v) is 7.29. The third-order valence-electron chi connectivity index (χ3n) is 5.83. The van der Waals surface area contributed by atoms with Crippen LogP contribution in [0.1, 0.15) is 34.3 Å². The van der Waals surface area contributed by atoms with E-state index in [1.807, 2.05) is 18.2 Å². The van der Waals surface area contributed by atoms with Gasteiger partial charge in [0.25, 0.3) is 0 Å². The molecular weight excluding hydrogens is 398 g/mol. The Bertz CT molecular complexity index is 1150. The summed E-state index contributed by atoms with van der Waals surface area (Å²) in [6, 6.07) is 10.9. The maximum atomic E-state index is 13.5. The number of benzene rings is 2. The van der Waals surface area contributed by atoms with Crippen molar-refractivity contribution in [3.63, 3.8) is 0 Å². The SMILES string of the molecule is COC(=O)C1C(C)=NC2=C(C(=O)c3ccccc32)[C@@H]1c1ccc(OC)c(OC)c1OC. The highest BCUT2D eigenvalue weighted by Gasteiger charge is 2.47. The summed E-state index contributed by atoms with van der Waals surface area (Å²) in [5.41, 5.74) is 3.55. The van der Waals surface area contributed by atoms with E-state index in [1.165, 1.54) is 28.4 Å². The number of allylic oxidation sites excluding steroid dienone is 1. The first-order chi connectivity index (χ1) is 15.0. The van der Waals surface area contributed by atoms with Crippen molar-refractivity contribution in [3.05, 3.63) is 58.7 Å². The summed E-state index contributed by atoms with van der Waals surface area (Å²) in [6.45, 7) is 1.77. The number of Topliss-reactive ketones (excluding diaryl/α,β-unsaturated/α-hetero) is 1. The number of nitrogens with zero attached hydrogens (tertiary/aromatic N) is 1. The number of rotatable bonds is 5. The van der Waals surface area contributed by atoms with E-state index in [1.54, 1.807) is 25.1 Å². The fourth-order valence-corrected chi connectivity index (χ4v) is 4.49. The molecule has 0 aromatic heterocycles. The molecule has 160 valence electrons. The van der Waals surface area contributed by atoms with E-state index in [2.05, 4.69) is 4.99 Å². The van der Waals surface area contributed by atoms with Crippen molar-refractivity contribution in [2.24, 2.45) is 10.9 Å². The smallest absolute Gasteiger partial charge is 0.315 e. The van der Waals surface area contributed by atoms with Crippen molar-refractivity contribution >= 4 is 23.2 Å². The summed E-state index contributed by atoms with van der Waals surface area (Å²) in [5, 5.41) is 0. The van der Waals surface area contributed by atoms with Crippen LogP contribution in [0.4, 0.5) is 0 Å². The van der Waals surface area contributed by atoms with Crippen LogP contribution in [-0.4, -0.2) is 45.9 Å². The number of methoxy groups -OCH3 is 4. The first-order valence-corrected chi connectivity index (χ1v) is 9.78. The number of hydrogen-bond donors (Lipinski definition) is 0. The van der Waals surface area contributed by atoms with Crippen molar-refractivity contribution in [1.82, 2.24) is 0 Å². The predicted molar refractivity (Wildman–Crippen MR) is 115 cm³/mol. The van der Waals surface area contributed by atoms with Crippen LogP contribution in [0, 0.1) is 5.92 Å². The maximum Gasteiger partial charge on any atom is 0.315 e. The average Bonchev–Trinajstić information content (AvgIpc) is 3.08. The Morgan fingerprint density at radius 3 is 2.19 bits per heavy atom. The van der Waals surface area contributed by atoms with Gasteiger partial charge in [-0.2, -0.15) is 0 Å². The topological polar surface area (TPSA) is 83.4 Å². The second kappa shape index (κ2) is 7.91. The van der Waals surface area contributed by atoms with Crippen molar-refractivity contribution in [3.8, 4) is 17.2 Å². The third kappa shape index (κ3) is 3.00. The lowest BCUT2D eigenvalue weighted by molar-refractivity contribution is -0.143. The highest BCUT2D eigenvalue weighted by molar-refractivity contribution is 6.24. The second-order valence-electron chi connectivity index (χ2n) is 7.29. The molecule has 7 heteroatoms. The van der Waals surface area contributed by atoms with Crippen LogP contribution in [0.2, 0.25) is 0 Å². The van der Waals surface area contributed by atoms with E-state index >= 15 is 0 Å². The van der Waals surface area contributed by atoms with Crippen molar-refractivity contribution in [2.75, 3.05) is 28.4 Å². The summed E-state index contributed by atoms with van der Waals surface area (Å²) >= 11 is 0. The summed E-state index contributed by atoms with van der Waals surface area (Å²) in [7, 11) is 5.88. The normalized spacial score (nSPS) is 19.4. The van der Waals surface area contributed by atoms with Gasteiger partial charge >= 0.3 is 5.97 Å². The summed E-state index contributed by atoms with van der Waals surface area (Å²) in [5.74, 6) is -0.809. The molecule has 1 aliphatic carbocycles. The number of ether oxygens (including phenoxy) is 4. The Balaban J connectivity index is 2.02. The monoisotopic (exact) mass is 421 g/mol. The van der Waals surface area contributed by atoms with Crippen LogP contribution >= 0.6 is 0 Å². The molecule has 7 nitrogen and oxygen atoms in total. The Morgan fingerprint density at radius 1 is 0.903 bits per heavy atom. The van der Waals surface area contributed by atoms with Gasteiger partial charge in [-0.1, -0.05) is 30.3 Å². The van der Waals surface area contributed by atoms with Gasteiger partial charge in [-0.15, -0.1) is 0 Å². The average molecular weight is 421 g/mol. The van der Waals surface area contributed by atoms with E-state index in [0.717, 1.165) is 5.56 Å². The molecule has 1 aliphatic heterocycles. The van der Waals surface area contributed by atoms with Crippen LogP contribution < -0.4 is 14.2 Å². The summed E-state index contributed by atoms with van der Waals surface area (Å²) in [6.07, 6.45) is 0. The Hall–Kier alpha value is -3.61. The lowest BCUT2D eigenvalue weighted by Crippen LogP contribution is -2.34. The molecule has 0 radical (unpaired) electrons. The number of esters is 1. The molecule has 1 unspecified atom stereocenters. The molecule has 0 spiro atoms. The van der Waals surface area contributed by atoms with Crippen molar-refractivity contribution < 1.29 is 28.5 Å². The van der Waals surface area contributed by atoms with Crippen LogP contribution in [-0.2, 0) is 9.53 Å². The van der Waals surface area contributed by atoms with Gasteiger partial charge in [-0.3, -0.25) is 14.6 Å². The quantitative estimate of drug-likeness (QED) is 0.685. The minimum absolute atomic E-state index is 0.155. The van der Waals surface area contributed by atoms with Crippen molar-refractivity contribution in [1.29, 1.82) is 0 Å². The minimum atomic E-state index is -0.783. The molecule has 31 heavy (non-hydrogen) atoms. The van der Waals surface area contributed by atoms with Gasteiger partial charge < -0.3 is 18.9 Å². The van der Waals surface area contributed by atoms with Gasteiger partial charge in [0.15, 0.2) is 17.3 Å². The molecule has 2 aromatic carbocycles. The van der Waals surface area contributed by atoms with E-state index in [9.17, 15) is 9.59 Å². The van der Waals surface area contributed by atoms with Crippen LogP contribution in [0.3, 0.4) is 0 Å². The largest absolute Gasteiger partial charge is 0.493 e. The van der Waals surface area contributed by atoms with E-state index < -0.39 is 17.8 Å².